The number of hydrogen-bond donors (Lipinski definition) is 4. The molecule has 6 rings (SSSR count). The van der Waals surface area contributed by atoms with Crippen LogP contribution in [-0.2, 0) is 18.9 Å². The molecule has 2 aromatic heterocycles. The summed E-state index contributed by atoms with van der Waals surface area (Å²) in [6.07, 6.45) is 3.16. The number of nitrogens with zero attached hydrogens (tertiary/aromatic N) is 3. The first-order valence-electron chi connectivity index (χ1n) is 17.0. The number of nitrogens with one attached hydrogen (secondary N) is 2. The Morgan fingerprint density at radius 1 is 1.16 bits per heavy atom. The number of aromatic nitrogens is 2. The number of rotatable bonds is 11. The summed E-state index contributed by atoms with van der Waals surface area (Å²) in [7, 11) is -3.26. The van der Waals surface area contributed by atoms with E-state index in [1.54, 1.807) is 51.6 Å². The van der Waals surface area contributed by atoms with Crippen LogP contribution in [0.1, 0.15) is 59.3 Å². The van der Waals surface area contributed by atoms with Gasteiger partial charge in [0.05, 0.1) is 36.1 Å². The van der Waals surface area contributed by atoms with E-state index in [2.05, 4.69) is 22.2 Å². The van der Waals surface area contributed by atoms with Gasteiger partial charge in [-0.3, -0.25) is 14.2 Å². The van der Waals surface area contributed by atoms with E-state index in [4.69, 9.17) is 19.2 Å². The van der Waals surface area contributed by atoms with Crippen molar-refractivity contribution in [2.24, 2.45) is 11.3 Å². The average molecular weight is 742 g/mol. The van der Waals surface area contributed by atoms with Gasteiger partial charge in [-0.2, -0.15) is 0 Å². The smallest absolute Gasteiger partial charge is 0.408 e. The third-order valence-corrected chi connectivity index (χ3v) is 12.1. The predicted molar refractivity (Wildman–Crippen MR) is 190 cm³/mol. The molecule has 3 aromatic rings. The van der Waals surface area contributed by atoms with Crippen molar-refractivity contribution >= 4 is 47.7 Å². The van der Waals surface area contributed by atoms with Crippen molar-refractivity contribution < 1.29 is 42.9 Å². The zero-order chi connectivity index (χ0) is 36.7. The second-order valence-electron chi connectivity index (χ2n) is 14.5. The molecule has 3 heterocycles. The topological polar surface area (TPSA) is 190 Å². The minimum absolute atomic E-state index is 0.00293. The van der Waals surface area contributed by atoms with Crippen LogP contribution in [0.2, 0.25) is 0 Å². The Morgan fingerprint density at radius 2 is 1.90 bits per heavy atom. The van der Waals surface area contributed by atoms with Crippen molar-refractivity contribution in [2.75, 3.05) is 13.7 Å². The Labute approximate surface area is 300 Å². The molecule has 14 nitrogen and oxygen atoms in total. The average Bonchev–Trinajstić information content (AvgIpc) is 3.55. The standard InChI is InChI=1S/C35H44N5O9PS/c1-6-20-16-35(20,50(44,45)46)39-31(41)28-14-23(17-40(28)32(42)30(34(2,3)4)38-33(43)49-21-9-7-8-10-21)48-29-15-26(27-18-51-19-36-27)37-25-13-22(47-5)11-12-24(25)29/h6,11-13,15,18-21,23,28,30H,1,7-10,14,16-17H2,2-5H3,(H,38,43)(H,39,41)(H2,44,45,46)/t20-,23-,28+,30-,35+/m1/s1. The Bertz CT molecular complexity index is 1860. The number of fused-ring (bicyclic) bond motifs is 1. The lowest BCUT2D eigenvalue weighted by Gasteiger charge is -2.35. The molecule has 2 saturated carbocycles. The Morgan fingerprint density at radius 3 is 2.51 bits per heavy atom. The summed E-state index contributed by atoms with van der Waals surface area (Å²) >= 11 is 1.42. The van der Waals surface area contributed by atoms with Crippen LogP contribution in [0.5, 0.6) is 11.5 Å². The number of likely N-dealkylation sites (tertiary alicyclic amines) is 1. The van der Waals surface area contributed by atoms with Gasteiger partial charge in [-0.25, -0.2) is 14.8 Å². The van der Waals surface area contributed by atoms with Crippen molar-refractivity contribution in [2.45, 2.75) is 88.9 Å². The summed E-state index contributed by atoms with van der Waals surface area (Å²) in [6, 6.07) is 4.84. The number of carbonyl (C=O) groups is 3. The van der Waals surface area contributed by atoms with Gasteiger partial charge >= 0.3 is 13.7 Å². The van der Waals surface area contributed by atoms with E-state index in [-0.39, 0.29) is 25.5 Å². The van der Waals surface area contributed by atoms with Crippen molar-refractivity contribution in [3.63, 3.8) is 0 Å². The van der Waals surface area contributed by atoms with E-state index >= 15 is 0 Å². The van der Waals surface area contributed by atoms with Crippen molar-refractivity contribution in [3.8, 4) is 22.9 Å². The number of benzene rings is 1. The van der Waals surface area contributed by atoms with Gasteiger partial charge in [-0.05, 0) is 49.7 Å². The van der Waals surface area contributed by atoms with Crippen LogP contribution in [0.15, 0.2) is 47.8 Å². The number of methoxy groups -OCH3 is 1. The highest BCUT2D eigenvalue weighted by Gasteiger charge is 2.66. The van der Waals surface area contributed by atoms with Crippen LogP contribution in [-0.4, -0.2) is 85.8 Å². The lowest BCUT2D eigenvalue weighted by atomic mass is 9.85. The predicted octanol–water partition coefficient (Wildman–Crippen LogP) is 4.99. The van der Waals surface area contributed by atoms with Gasteiger partial charge in [0.2, 0.25) is 11.8 Å². The fourth-order valence-electron chi connectivity index (χ4n) is 6.95. The van der Waals surface area contributed by atoms with Gasteiger partial charge in [0.25, 0.3) is 0 Å². The number of alkyl carbamates (subject to hydrolysis) is 1. The lowest BCUT2D eigenvalue weighted by Crippen LogP contribution is -2.58. The SMILES string of the molecule is C=C[C@@H]1C[C@]1(NC(=O)[C@@H]1C[C@@H](Oc2cc(-c3cscn3)nc3cc(OC)ccc23)CN1C(=O)[C@@H](NC(=O)OC1CCCC1)C(C)(C)C)P(=O)(O)O. The molecule has 0 bridgehead atoms. The van der Waals surface area contributed by atoms with Crippen molar-refractivity contribution in [1.82, 2.24) is 25.5 Å². The zero-order valence-electron chi connectivity index (χ0n) is 29.0. The van der Waals surface area contributed by atoms with E-state index in [0.717, 1.165) is 25.7 Å². The van der Waals surface area contributed by atoms with Gasteiger partial charge in [0, 0.05) is 35.2 Å². The van der Waals surface area contributed by atoms with Crippen LogP contribution < -0.4 is 20.1 Å². The van der Waals surface area contributed by atoms with Gasteiger partial charge in [-0.1, -0.05) is 26.8 Å². The molecule has 5 atom stereocenters. The second kappa shape index (κ2) is 14.2. The van der Waals surface area contributed by atoms with Gasteiger partial charge in [-0.15, -0.1) is 17.9 Å². The molecule has 3 amide bonds. The quantitative estimate of drug-likeness (QED) is 0.153. The van der Waals surface area contributed by atoms with Crippen LogP contribution in [0, 0.1) is 11.3 Å². The Kier molecular flexibility index (Phi) is 10.2. The molecule has 2 aliphatic carbocycles. The molecule has 1 aliphatic heterocycles. The summed E-state index contributed by atoms with van der Waals surface area (Å²) in [6.45, 7) is 9.00. The molecule has 274 valence electrons. The maximum atomic E-state index is 14.5. The molecule has 0 unspecified atom stereocenters. The number of pyridine rings is 1. The summed E-state index contributed by atoms with van der Waals surface area (Å²) in [5.74, 6) is -0.898. The molecule has 16 heteroatoms. The Hall–Kier alpha value is -4.04. The highest BCUT2D eigenvalue weighted by Crippen LogP contribution is 2.67. The first-order valence-corrected chi connectivity index (χ1v) is 19.5. The minimum atomic E-state index is -4.81. The first kappa shape index (κ1) is 36.7. The number of thiazole rings is 1. The third-order valence-electron chi connectivity index (χ3n) is 9.90. The number of carbonyl (C=O) groups excluding carboxylic acids is 3. The van der Waals surface area contributed by atoms with Crippen LogP contribution in [0.3, 0.4) is 0 Å². The van der Waals surface area contributed by atoms with Gasteiger partial charge in [0.1, 0.15) is 41.1 Å². The summed E-state index contributed by atoms with van der Waals surface area (Å²) in [4.78, 5) is 72.6. The van der Waals surface area contributed by atoms with Crippen molar-refractivity contribution in [3.05, 3.63) is 47.8 Å². The zero-order valence-corrected chi connectivity index (χ0v) is 30.7. The molecule has 51 heavy (non-hydrogen) atoms. The highest BCUT2D eigenvalue weighted by molar-refractivity contribution is 7.54. The molecule has 0 radical (unpaired) electrons. The molecular formula is C35H44N5O9PS. The monoisotopic (exact) mass is 741 g/mol. The largest absolute Gasteiger partial charge is 0.497 e. The van der Waals surface area contributed by atoms with E-state index < -0.39 is 60.3 Å². The lowest BCUT2D eigenvalue weighted by molar-refractivity contribution is -0.142. The van der Waals surface area contributed by atoms with Gasteiger partial charge < -0.3 is 39.5 Å². The van der Waals surface area contributed by atoms with Crippen LogP contribution in [0.25, 0.3) is 22.3 Å². The molecule has 4 N–H and O–H groups in total. The molecule has 1 saturated heterocycles. The molecule has 3 fully saturated rings. The first-order chi connectivity index (χ1) is 24.1. The molecule has 0 spiro atoms. The molecule has 1 aromatic carbocycles. The Balaban J connectivity index is 1.32. The molecule has 3 aliphatic rings. The summed E-state index contributed by atoms with van der Waals surface area (Å²) in [5, 5.41) is 6.06. The van der Waals surface area contributed by atoms with Crippen LogP contribution >= 0.6 is 18.9 Å². The fourth-order valence-corrected chi connectivity index (χ4v) is 8.73. The van der Waals surface area contributed by atoms with Crippen LogP contribution in [0.4, 0.5) is 4.79 Å². The summed E-state index contributed by atoms with van der Waals surface area (Å²) < 4.78 is 30.2. The maximum Gasteiger partial charge on any atom is 0.408 e. The highest BCUT2D eigenvalue weighted by atomic mass is 32.1. The van der Waals surface area contributed by atoms with Crippen molar-refractivity contribution in [1.29, 1.82) is 0 Å². The number of ether oxygens (including phenoxy) is 3. The third kappa shape index (κ3) is 7.62. The summed E-state index contributed by atoms with van der Waals surface area (Å²) in [5.41, 5.74) is 2.68. The van der Waals surface area contributed by atoms with E-state index in [1.807, 2.05) is 11.4 Å². The second-order valence-corrected chi connectivity index (χ2v) is 17.1. The minimum Gasteiger partial charge on any atom is -0.497 e. The van der Waals surface area contributed by atoms with E-state index in [0.29, 0.717) is 33.8 Å². The van der Waals surface area contributed by atoms with E-state index in [9.17, 15) is 28.7 Å². The fraction of sp³-hybridized carbons (Fsp3) is 0.514. The molecular weight excluding hydrogens is 697 g/mol. The number of hydrogen-bond acceptors (Lipinski definition) is 10. The normalized spacial score (nSPS) is 24.2. The number of amides is 3. The van der Waals surface area contributed by atoms with E-state index in [1.165, 1.54) is 22.3 Å². The maximum absolute atomic E-state index is 14.5. The van der Waals surface area contributed by atoms with Gasteiger partial charge in [0.15, 0.2) is 0 Å².